The van der Waals surface area contributed by atoms with Crippen LogP contribution in [-0.4, -0.2) is 27.4 Å². The monoisotopic (exact) mass is 348 g/mol. The lowest BCUT2D eigenvalue weighted by Crippen LogP contribution is -2.38. The first-order valence-corrected chi connectivity index (χ1v) is 8.11. The van der Waals surface area contributed by atoms with Gasteiger partial charge in [-0.2, -0.15) is 0 Å². The number of carbonyl (C=O) groups is 1. The molecule has 1 aromatic rings. The SMILES string of the molecule is CC(C)CNC(=O)CNS(=O)(=O)c1ccc(Br)cc1. The van der Waals surface area contributed by atoms with E-state index < -0.39 is 10.0 Å². The van der Waals surface area contributed by atoms with Gasteiger partial charge in [0.25, 0.3) is 0 Å². The van der Waals surface area contributed by atoms with Gasteiger partial charge in [-0.1, -0.05) is 29.8 Å². The molecule has 19 heavy (non-hydrogen) atoms. The number of nitrogens with one attached hydrogen (secondary N) is 2. The summed E-state index contributed by atoms with van der Waals surface area (Å²) in [4.78, 5) is 11.6. The van der Waals surface area contributed by atoms with E-state index in [0.29, 0.717) is 12.5 Å². The zero-order chi connectivity index (χ0) is 14.5. The van der Waals surface area contributed by atoms with Gasteiger partial charge in [-0.15, -0.1) is 0 Å². The van der Waals surface area contributed by atoms with Crippen LogP contribution in [0.3, 0.4) is 0 Å². The van der Waals surface area contributed by atoms with E-state index in [-0.39, 0.29) is 17.3 Å². The van der Waals surface area contributed by atoms with Crippen LogP contribution in [0.5, 0.6) is 0 Å². The summed E-state index contributed by atoms with van der Waals surface area (Å²) in [6, 6.07) is 6.21. The second-order valence-corrected chi connectivity index (χ2v) is 7.16. The van der Waals surface area contributed by atoms with Crippen LogP contribution < -0.4 is 10.0 Å². The molecule has 106 valence electrons. The second-order valence-electron chi connectivity index (χ2n) is 4.48. The van der Waals surface area contributed by atoms with Crippen LogP contribution in [0.2, 0.25) is 0 Å². The Balaban J connectivity index is 2.56. The number of halogens is 1. The van der Waals surface area contributed by atoms with Crippen molar-refractivity contribution in [3.05, 3.63) is 28.7 Å². The van der Waals surface area contributed by atoms with E-state index in [1.54, 1.807) is 12.1 Å². The van der Waals surface area contributed by atoms with Gasteiger partial charge in [0.1, 0.15) is 0 Å². The molecule has 1 aromatic carbocycles. The summed E-state index contributed by atoms with van der Waals surface area (Å²) < 4.78 is 26.8. The summed E-state index contributed by atoms with van der Waals surface area (Å²) in [6.07, 6.45) is 0. The fraction of sp³-hybridized carbons (Fsp3) is 0.417. The van der Waals surface area contributed by atoms with Gasteiger partial charge in [-0.25, -0.2) is 13.1 Å². The Labute approximate surface area is 122 Å². The van der Waals surface area contributed by atoms with Gasteiger partial charge >= 0.3 is 0 Å². The number of amides is 1. The van der Waals surface area contributed by atoms with E-state index in [1.807, 2.05) is 13.8 Å². The van der Waals surface area contributed by atoms with Crippen molar-refractivity contribution in [2.75, 3.05) is 13.1 Å². The highest BCUT2D eigenvalue weighted by Gasteiger charge is 2.15. The predicted molar refractivity (Wildman–Crippen MR) is 77.2 cm³/mol. The van der Waals surface area contributed by atoms with Crippen molar-refractivity contribution in [2.24, 2.45) is 5.92 Å². The molecule has 0 aliphatic heterocycles. The first kappa shape index (κ1) is 16.1. The predicted octanol–water partition coefficient (Wildman–Crippen LogP) is 1.50. The largest absolute Gasteiger partial charge is 0.355 e. The molecule has 0 heterocycles. The first-order chi connectivity index (χ1) is 8.81. The van der Waals surface area contributed by atoms with Crippen molar-refractivity contribution in [1.29, 1.82) is 0 Å². The average Bonchev–Trinajstić information content (AvgIpc) is 2.34. The van der Waals surface area contributed by atoms with Gasteiger partial charge in [0.2, 0.25) is 15.9 Å². The molecule has 0 unspecified atom stereocenters. The number of rotatable bonds is 6. The number of benzene rings is 1. The Morgan fingerprint density at radius 1 is 1.26 bits per heavy atom. The number of carbonyl (C=O) groups excluding carboxylic acids is 1. The maximum atomic E-state index is 11.9. The molecule has 0 fully saturated rings. The molecule has 0 aliphatic rings. The van der Waals surface area contributed by atoms with Gasteiger partial charge in [0.05, 0.1) is 11.4 Å². The van der Waals surface area contributed by atoms with E-state index >= 15 is 0 Å². The maximum Gasteiger partial charge on any atom is 0.241 e. The average molecular weight is 349 g/mol. The molecule has 0 saturated heterocycles. The number of hydrogen-bond donors (Lipinski definition) is 2. The summed E-state index contributed by atoms with van der Waals surface area (Å²) in [7, 11) is -3.64. The molecule has 0 radical (unpaired) electrons. The van der Waals surface area contributed by atoms with Crippen molar-refractivity contribution < 1.29 is 13.2 Å². The summed E-state index contributed by atoms with van der Waals surface area (Å²) in [5, 5.41) is 2.64. The third kappa shape index (κ3) is 5.71. The van der Waals surface area contributed by atoms with Gasteiger partial charge in [0, 0.05) is 11.0 Å². The highest BCUT2D eigenvalue weighted by molar-refractivity contribution is 9.10. The maximum absolute atomic E-state index is 11.9. The fourth-order valence-corrected chi connectivity index (χ4v) is 2.48. The Hall–Kier alpha value is -0.920. The van der Waals surface area contributed by atoms with Gasteiger partial charge < -0.3 is 5.32 Å². The minimum Gasteiger partial charge on any atom is -0.355 e. The molecule has 2 N–H and O–H groups in total. The lowest BCUT2D eigenvalue weighted by Gasteiger charge is -2.09. The molecule has 0 spiro atoms. The van der Waals surface area contributed by atoms with Crippen molar-refractivity contribution in [2.45, 2.75) is 18.7 Å². The topological polar surface area (TPSA) is 75.3 Å². The second kappa shape index (κ2) is 7.02. The van der Waals surface area contributed by atoms with Crippen LogP contribution in [0.4, 0.5) is 0 Å². The molecule has 0 saturated carbocycles. The third-order valence-electron chi connectivity index (χ3n) is 2.25. The normalized spacial score (nSPS) is 11.6. The van der Waals surface area contributed by atoms with Crippen LogP contribution in [0, 0.1) is 5.92 Å². The Kier molecular flexibility index (Phi) is 5.96. The van der Waals surface area contributed by atoms with Crippen molar-refractivity contribution in [1.82, 2.24) is 10.0 Å². The molecule has 0 aromatic heterocycles. The summed E-state index contributed by atoms with van der Waals surface area (Å²) in [6.45, 7) is 4.20. The molecule has 0 aliphatic carbocycles. The third-order valence-corrected chi connectivity index (χ3v) is 4.20. The Morgan fingerprint density at radius 2 is 1.84 bits per heavy atom. The molecule has 0 bridgehead atoms. The van der Waals surface area contributed by atoms with E-state index in [4.69, 9.17) is 0 Å². The molecule has 7 heteroatoms. The smallest absolute Gasteiger partial charge is 0.241 e. The van der Waals surface area contributed by atoms with Crippen LogP contribution in [0.15, 0.2) is 33.6 Å². The van der Waals surface area contributed by atoms with Gasteiger partial charge in [0.15, 0.2) is 0 Å². The van der Waals surface area contributed by atoms with E-state index in [2.05, 4.69) is 26.0 Å². The van der Waals surface area contributed by atoms with Crippen molar-refractivity contribution in [3.63, 3.8) is 0 Å². The Morgan fingerprint density at radius 3 is 2.37 bits per heavy atom. The van der Waals surface area contributed by atoms with Crippen molar-refractivity contribution >= 4 is 31.9 Å². The van der Waals surface area contributed by atoms with Crippen LogP contribution >= 0.6 is 15.9 Å². The van der Waals surface area contributed by atoms with Crippen molar-refractivity contribution in [3.8, 4) is 0 Å². The van der Waals surface area contributed by atoms with Crippen LogP contribution in [-0.2, 0) is 14.8 Å². The summed E-state index contributed by atoms with van der Waals surface area (Å²) >= 11 is 3.23. The molecule has 0 atom stereocenters. The zero-order valence-corrected chi connectivity index (χ0v) is 13.2. The first-order valence-electron chi connectivity index (χ1n) is 5.83. The standard InChI is InChI=1S/C12H17BrN2O3S/c1-9(2)7-14-12(16)8-15-19(17,18)11-5-3-10(13)4-6-11/h3-6,9,15H,7-8H2,1-2H3,(H,14,16). The van der Waals surface area contributed by atoms with Gasteiger partial charge in [-0.05, 0) is 30.2 Å². The lowest BCUT2D eigenvalue weighted by atomic mass is 10.2. The summed E-state index contributed by atoms with van der Waals surface area (Å²) in [5.74, 6) is -0.0126. The van der Waals surface area contributed by atoms with Gasteiger partial charge in [-0.3, -0.25) is 4.79 Å². The zero-order valence-electron chi connectivity index (χ0n) is 10.8. The number of hydrogen-bond acceptors (Lipinski definition) is 3. The minimum absolute atomic E-state index is 0.132. The minimum atomic E-state index is -3.64. The molecular formula is C12H17BrN2O3S. The Bertz CT molecular complexity index is 526. The quantitative estimate of drug-likeness (QED) is 0.817. The molecular weight excluding hydrogens is 332 g/mol. The van der Waals surface area contributed by atoms with E-state index in [9.17, 15) is 13.2 Å². The lowest BCUT2D eigenvalue weighted by molar-refractivity contribution is -0.120. The summed E-state index contributed by atoms with van der Waals surface area (Å²) in [5.41, 5.74) is 0. The van der Waals surface area contributed by atoms with E-state index in [0.717, 1.165) is 4.47 Å². The van der Waals surface area contributed by atoms with E-state index in [1.165, 1.54) is 12.1 Å². The molecule has 5 nitrogen and oxygen atoms in total. The molecule has 1 amide bonds. The molecule has 1 rings (SSSR count). The highest BCUT2D eigenvalue weighted by atomic mass is 79.9. The van der Waals surface area contributed by atoms with Crippen LogP contribution in [0.25, 0.3) is 0 Å². The fourth-order valence-electron chi connectivity index (χ4n) is 1.24. The van der Waals surface area contributed by atoms with Crippen LogP contribution in [0.1, 0.15) is 13.8 Å². The number of sulfonamides is 1. The highest BCUT2D eigenvalue weighted by Crippen LogP contribution is 2.14.